The lowest BCUT2D eigenvalue weighted by atomic mass is 9.39. The highest BCUT2D eigenvalue weighted by atomic mass is 14.7. The van der Waals surface area contributed by atoms with Gasteiger partial charge in [-0.25, -0.2) is 0 Å². The van der Waals surface area contributed by atoms with Crippen LogP contribution in [-0.4, -0.2) is 0 Å². The summed E-state index contributed by atoms with van der Waals surface area (Å²) in [6, 6.07) is 0. The van der Waals surface area contributed by atoms with Crippen LogP contribution in [-0.2, 0) is 0 Å². The molecule has 0 N–H and O–H groups in total. The molecule has 3 aliphatic carbocycles. The molecule has 2 saturated carbocycles. The Bertz CT molecular complexity index is 240. The summed E-state index contributed by atoms with van der Waals surface area (Å²) in [6.45, 7) is 10.9. The second-order valence-electron chi connectivity index (χ2n) is 4.82. The summed E-state index contributed by atoms with van der Waals surface area (Å²) in [6.07, 6.45) is 7.99. The van der Waals surface area contributed by atoms with Gasteiger partial charge in [0.05, 0.1) is 0 Å². The molecule has 0 radical (unpaired) electrons. The highest BCUT2D eigenvalue weighted by Gasteiger charge is 2.65. The molecule has 5 unspecified atom stereocenters. The van der Waals surface area contributed by atoms with Crippen molar-refractivity contribution in [2.75, 3.05) is 0 Å². The molecular formula is C13H20. The fourth-order valence-electron chi connectivity index (χ4n) is 3.98. The van der Waals surface area contributed by atoms with E-state index in [1.165, 1.54) is 12.8 Å². The van der Waals surface area contributed by atoms with E-state index in [9.17, 15) is 0 Å². The smallest absolute Gasteiger partial charge is 0.0140 e. The van der Waals surface area contributed by atoms with E-state index in [4.69, 9.17) is 0 Å². The van der Waals surface area contributed by atoms with Crippen molar-refractivity contribution >= 4 is 0 Å². The molecule has 1 spiro atoms. The van der Waals surface area contributed by atoms with Gasteiger partial charge in [-0.15, -0.1) is 13.2 Å². The zero-order valence-corrected chi connectivity index (χ0v) is 8.79. The Morgan fingerprint density at radius 1 is 1.23 bits per heavy atom. The Hall–Kier alpha value is -0.520. The van der Waals surface area contributed by atoms with Gasteiger partial charge in [0, 0.05) is 0 Å². The summed E-state index contributed by atoms with van der Waals surface area (Å²) in [5.41, 5.74) is 0.791. The van der Waals surface area contributed by atoms with Crippen LogP contribution in [0.15, 0.2) is 25.3 Å². The summed E-state index contributed by atoms with van der Waals surface area (Å²) in [7, 11) is 0. The van der Waals surface area contributed by atoms with Gasteiger partial charge in [0.1, 0.15) is 0 Å². The molecule has 0 heteroatoms. The number of hydrogen-bond acceptors (Lipinski definition) is 0. The van der Waals surface area contributed by atoms with Crippen molar-refractivity contribution in [3.8, 4) is 0 Å². The molecule has 0 bridgehead atoms. The van der Waals surface area contributed by atoms with E-state index in [-0.39, 0.29) is 0 Å². The SMILES string of the molecule is C=C.CC1C(C)C23CCC2C=CC13. The molecule has 0 aromatic rings. The van der Waals surface area contributed by atoms with E-state index in [0.717, 1.165) is 29.1 Å². The molecule has 0 nitrogen and oxygen atoms in total. The average molecular weight is 176 g/mol. The second-order valence-corrected chi connectivity index (χ2v) is 4.82. The van der Waals surface area contributed by atoms with Crippen LogP contribution in [0.5, 0.6) is 0 Å². The van der Waals surface area contributed by atoms with Crippen molar-refractivity contribution in [1.29, 1.82) is 0 Å². The van der Waals surface area contributed by atoms with Gasteiger partial charge in [-0.1, -0.05) is 26.0 Å². The summed E-state index contributed by atoms with van der Waals surface area (Å²) < 4.78 is 0. The fourth-order valence-corrected chi connectivity index (χ4v) is 3.98. The van der Waals surface area contributed by atoms with Gasteiger partial charge in [0.2, 0.25) is 0 Å². The summed E-state index contributed by atoms with van der Waals surface area (Å²) in [4.78, 5) is 0. The average Bonchev–Trinajstić information content (AvgIpc) is 2.38. The van der Waals surface area contributed by atoms with Crippen LogP contribution in [0.4, 0.5) is 0 Å². The van der Waals surface area contributed by atoms with Crippen LogP contribution in [0.3, 0.4) is 0 Å². The molecule has 2 fully saturated rings. The van der Waals surface area contributed by atoms with Gasteiger partial charge in [-0.3, -0.25) is 0 Å². The molecule has 5 atom stereocenters. The molecule has 3 rings (SSSR count). The van der Waals surface area contributed by atoms with Gasteiger partial charge in [0.15, 0.2) is 0 Å². The van der Waals surface area contributed by atoms with Gasteiger partial charge < -0.3 is 0 Å². The monoisotopic (exact) mass is 176 g/mol. The quantitative estimate of drug-likeness (QED) is 0.494. The zero-order chi connectivity index (χ0) is 9.64. The van der Waals surface area contributed by atoms with E-state index in [1.807, 2.05) is 0 Å². The molecule has 3 aliphatic rings. The molecule has 0 heterocycles. The van der Waals surface area contributed by atoms with Crippen LogP contribution >= 0.6 is 0 Å². The van der Waals surface area contributed by atoms with E-state index < -0.39 is 0 Å². The maximum atomic E-state index is 3.00. The van der Waals surface area contributed by atoms with Crippen molar-refractivity contribution < 1.29 is 0 Å². The molecule has 0 saturated heterocycles. The predicted molar refractivity (Wildman–Crippen MR) is 57.4 cm³/mol. The van der Waals surface area contributed by atoms with Crippen LogP contribution in [0, 0.1) is 29.1 Å². The first kappa shape index (κ1) is 9.05. The molecule has 72 valence electrons. The lowest BCUT2D eigenvalue weighted by Gasteiger charge is -2.65. The highest BCUT2D eigenvalue weighted by Crippen LogP contribution is 2.72. The maximum absolute atomic E-state index is 3.00. The molecule has 0 aromatic carbocycles. The van der Waals surface area contributed by atoms with Crippen LogP contribution in [0.2, 0.25) is 0 Å². The summed E-state index contributed by atoms with van der Waals surface area (Å²) in [5.74, 6) is 3.92. The topological polar surface area (TPSA) is 0 Å². The van der Waals surface area contributed by atoms with Crippen molar-refractivity contribution in [2.24, 2.45) is 29.1 Å². The Morgan fingerprint density at radius 2 is 1.92 bits per heavy atom. The van der Waals surface area contributed by atoms with Crippen molar-refractivity contribution in [2.45, 2.75) is 26.7 Å². The van der Waals surface area contributed by atoms with E-state index >= 15 is 0 Å². The first-order valence-corrected chi connectivity index (χ1v) is 5.45. The number of hydrogen-bond donors (Lipinski definition) is 0. The molecule has 0 amide bonds. The third-order valence-electron chi connectivity index (χ3n) is 4.95. The van der Waals surface area contributed by atoms with Gasteiger partial charge in [0.25, 0.3) is 0 Å². The van der Waals surface area contributed by atoms with Crippen LogP contribution in [0.1, 0.15) is 26.7 Å². The van der Waals surface area contributed by atoms with E-state index in [1.54, 1.807) is 0 Å². The van der Waals surface area contributed by atoms with E-state index in [2.05, 4.69) is 39.2 Å². The Kier molecular flexibility index (Phi) is 1.90. The van der Waals surface area contributed by atoms with Crippen molar-refractivity contribution in [3.05, 3.63) is 25.3 Å². The predicted octanol–water partition coefficient (Wildman–Crippen LogP) is 3.66. The lowest BCUT2D eigenvalue weighted by molar-refractivity contribution is -0.156. The third kappa shape index (κ3) is 0.775. The van der Waals surface area contributed by atoms with Gasteiger partial charge >= 0.3 is 0 Å². The van der Waals surface area contributed by atoms with Crippen LogP contribution < -0.4 is 0 Å². The first-order chi connectivity index (χ1) is 6.27. The van der Waals surface area contributed by atoms with Gasteiger partial charge in [-0.05, 0) is 41.9 Å². The largest absolute Gasteiger partial charge is 0.106 e. The minimum absolute atomic E-state index is 0.791. The fraction of sp³-hybridized carbons (Fsp3) is 0.692. The first-order valence-electron chi connectivity index (χ1n) is 5.45. The number of rotatable bonds is 0. The molecule has 0 aromatic heterocycles. The van der Waals surface area contributed by atoms with Gasteiger partial charge in [-0.2, -0.15) is 0 Å². The highest BCUT2D eigenvalue weighted by molar-refractivity contribution is 5.27. The second kappa shape index (κ2) is 2.73. The van der Waals surface area contributed by atoms with Crippen molar-refractivity contribution in [1.82, 2.24) is 0 Å². The maximum Gasteiger partial charge on any atom is -0.0140 e. The Labute approximate surface area is 81.7 Å². The molecular weight excluding hydrogens is 156 g/mol. The minimum atomic E-state index is 0.791. The number of allylic oxidation sites excluding steroid dienone is 2. The lowest BCUT2D eigenvalue weighted by Crippen LogP contribution is -2.59. The molecule has 0 aliphatic heterocycles. The van der Waals surface area contributed by atoms with E-state index in [0.29, 0.717) is 0 Å². The van der Waals surface area contributed by atoms with Crippen molar-refractivity contribution in [3.63, 3.8) is 0 Å². The summed E-state index contributed by atoms with van der Waals surface area (Å²) >= 11 is 0. The normalized spacial score (nSPS) is 54.9. The zero-order valence-electron chi connectivity index (χ0n) is 8.79. The standard InChI is InChI=1S/C11H16.C2H4/c1-7-8(2)11-6-5-9(11)3-4-10(7)11;1-2/h3-4,7-10H,5-6H2,1-2H3;1-2H2. The minimum Gasteiger partial charge on any atom is -0.106 e. The van der Waals surface area contributed by atoms with Crippen LogP contribution in [0.25, 0.3) is 0 Å². The molecule has 13 heavy (non-hydrogen) atoms. The Balaban J connectivity index is 0.000000308. The summed E-state index contributed by atoms with van der Waals surface area (Å²) in [5, 5.41) is 0. The third-order valence-corrected chi connectivity index (χ3v) is 4.95. The Morgan fingerprint density at radius 3 is 2.38 bits per heavy atom.